The summed E-state index contributed by atoms with van der Waals surface area (Å²) in [6.07, 6.45) is 2.56. The Morgan fingerprint density at radius 3 is 2.48 bits per heavy atom. The highest BCUT2D eigenvalue weighted by Crippen LogP contribution is 2.29. The predicted octanol–water partition coefficient (Wildman–Crippen LogP) is 4.71. The molecule has 0 saturated heterocycles. The van der Waals surface area contributed by atoms with Crippen molar-refractivity contribution in [3.63, 3.8) is 0 Å². The highest BCUT2D eigenvalue weighted by Gasteiger charge is 2.17. The zero-order valence-corrected chi connectivity index (χ0v) is 13.3. The number of ether oxygens (including phenoxy) is 1. The highest BCUT2D eigenvalue weighted by molar-refractivity contribution is 6.31. The first-order valence-electron chi connectivity index (χ1n) is 7.00. The van der Waals surface area contributed by atoms with E-state index in [1.54, 1.807) is 6.07 Å². The number of rotatable bonds is 5. The van der Waals surface area contributed by atoms with E-state index in [-0.39, 0.29) is 12.0 Å². The fourth-order valence-electron chi connectivity index (χ4n) is 1.93. The number of aromatic nitrogens is 1. The third-order valence-corrected chi connectivity index (χ3v) is 4.16. The molecule has 0 aliphatic carbocycles. The van der Waals surface area contributed by atoms with Gasteiger partial charge in [0.15, 0.2) is 0 Å². The Kier molecular flexibility index (Phi) is 4.86. The second-order valence-corrected chi connectivity index (χ2v) is 6.04. The molecule has 1 aromatic carbocycles. The number of nitrogens with zero attached hydrogens (tertiary/aromatic N) is 1. The monoisotopic (exact) mass is 305 g/mol. The molecule has 0 radical (unpaired) electrons. The Labute approximate surface area is 130 Å². The van der Waals surface area contributed by atoms with Gasteiger partial charge in [-0.1, -0.05) is 44.5 Å². The number of aliphatic hydroxyl groups is 1. The van der Waals surface area contributed by atoms with Crippen molar-refractivity contribution in [1.82, 2.24) is 4.98 Å². The van der Waals surface area contributed by atoms with Crippen LogP contribution in [0.5, 0.6) is 11.6 Å². The number of aliphatic hydroxyl groups excluding tert-OH is 1. The van der Waals surface area contributed by atoms with Crippen LogP contribution in [0.4, 0.5) is 0 Å². The second kappa shape index (κ2) is 6.46. The summed E-state index contributed by atoms with van der Waals surface area (Å²) in [7, 11) is 0. The summed E-state index contributed by atoms with van der Waals surface area (Å²) < 4.78 is 5.70. The van der Waals surface area contributed by atoms with Crippen LogP contribution in [0.25, 0.3) is 0 Å². The SMILES string of the molecule is CCC(C)(C)c1ccc(Oc2cc(CO)c(Cl)cn2)cc1. The van der Waals surface area contributed by atoms with Crippen molar-refractivity contribution < 1.29 is 9.84 Å². The van der Waals surface area contributed by atoms with Crippen molar-refractivity contribution in [3.8, 4) is 11.6 Å². The average molecular weight is 306 g/mol. The number of halogens is 1. The topological polar surface area (TPSA) is 42.4 Å². The number of benzene rings is 1. The molecule has 0 saturated carbocycles. The van der Waals surface area contributed by atoms with Gasteiger partial charge in [0.05, 0.1) is 11.6 Å². The smallest absolute Gasteiger partial charge is 0.219 e. The van der Waals surface area contributed by atoms with Crippen molar-refractivity contribution in [2.75, 3.05) is 0 Å². The summed E-state index contributed by atoms with van der Waals surface area (Å²) >= 11 is 5.91. The Hall–Kier alpha value is -1.58. The van der Waals surface area contributed by atoms with Crippen LogP contribution in [0.15, 0.2) is 36.5 Å². The maximum absolute atomic E-state index is 9.19. The number of hydrogen-bond acceptors (Lipinski definition) is 3. The van der Waals surface area contributed by atoms with E-state index in [9.17, 15) is 5.11 Å². The Balaban J connectivity index is 2.17. The van der Waals surface area contributed by atoms with Crippen molar-refractivity contribution in [2.45, 2.75) is 39.2 Å². The molecule has 0 aliphatic rings. The lowest BCUT2D eigenvalue weighted by molar-refractivity contribution is 0.281. The summed E-state index contributed by atoms with van der Waals surface area (Å²) in [4.78, 5) is 4.10. The maximum Gasteiger partial charge on any atom is 0.219 e. The summed E-state index contributed by atoms with van der Waals surface area (Å²) in [5, 5.41) is 9.63. The minimum Gasteiger partial charge on any atom is -0.439 e. The predicted molar refractivity (Wildman–Crippen MR) is 85.0 cm³/mol. The van der Waals surface area contributed by atoms with Crippen LogP contribution >= 0.6 is 11.6 Å². The van der Waals surface area contributed by atoms with E-state index in [4.69, 9.17) is 16.3 Å². The molecule has 21 heavy (non-hydrogen) atoms. The molecule has 0 aliphatic heterocycles. The molecule has 1 aromatic heterocycles. The molecule has 0 atom stereocenters. The molecule has 1 heterocycles. The standard InChI is InChI=1S/C17H20ClNO2/c1-4-17(2,3)13-5-7-14(8-6-13)21-16-9-12(11-20)15(18)10-19-16/h5-10,20H,4,11H2,1-3H3. The molecule has 0 amide bonds. The third-order valence-electron chi connectivity index (χ3n) is 3.82. The molecule has 0 bridgehead atoms. The van der Waals surface area contributed by atoms with Gasteiger partial charge in [0.2, 0.25) is 5.88 Å². The van der Waals surface area contributed by atoms with E-state index in [0.717, 1.165) is 6.42 Å². The van der Waals surface area contributed by atoms with Gasteiger partial charge in [0.1, 0.15) is 5.75 Å². The summed E-state index contributed by atoms with van der Waals surface area (Å²) in [6, 6.07) is 9.65. The summed E-state index contributed by atoms with van der Waals surface area (Å²) in [6.45, 7) is 6.48. The van der Waals surface area contributed by atoms with Crippen molar-refractivity contribution in [1.29, 1.82) is 0 Å². The summed E-state index contributed by atoms with van der Waals surface area (Å²) in [5.41, 5.74) is 2.03. The van der Waals surface area contributed by atoms with Crippen LogP contribution in [-0.4, -0.2) is 10.1 Å². The van der Waals surface area contributed by atoms with Crippen LogP contribution in [0.1, 0.15) is 38.3 Å². The Bertz CT molecular complexity index is 609. The van der Waals surface area contributed by atoms with Gasteiger partial charge >= 0.3 is 0 Å². The van der Waals surface area contributed by atoms with Gasteiger partial charge in [-0.15, -0.1) is 0 Å². The molecular formula is C17H20ClNO2. The molecule has 2 rings (SSSR count). The average Bonchev–Trinajstić information content (AvgIpc) is 2.49. The van der Waals surface area contributed by atoms with Crippen LogP contribution in [0.2, 0.25) is 5.02 Å². The molecule has 2 aromatic rings. The molecular weight excluding hydrogens is 286 g/mol. The van der Waals surface area contributed by atoms with E-state index in [0.29, 0.717) is 22.2 Å². The fraction of sp³-hybridized carbons (Fsp3) is 0.353. The lowest BCUT2D eigenvalue weighted by Crippen LogP contribution is -2.14. The van der Waals surface area contributed by atoms with Crippen LogP contribution in [-0.2, 0) is 12.0 Å². The van der Waals surface area contributed by atoms with E-state index in [1.807, 2.05) is 12.1 Å². The van der Waals surface area contributed by atoms with Gasteiger partial charge in [-0.3, -0.25) is 0 Å². The number of pyridine rings is 1. The van der Waals surface area contributed by atoms with Crippen LogP contribution in [0.3, 0.4) is 0 Å². The zero-order valence-electron chi connectivity index (χ0n) is 12.6. The number of hydrogen-bond donors (Lipinski definition) is 1. The molecule has 0 fully saturated rings. The van der Waals surface area contributed by atoms with Gasteiger partial charge in [-0.2, -0.15) is 0 Å². The Morgan fingerprint density at radius 1 is 1.24 bits per heavy atom. The van der Waals surface area contributed by atoms with E-state index in [2.05, 4.69) is 37.9 Å². The van der Waals surface area contributed by atoms with E-state index < -0.39 is 0 Å². The minimum atomic E-state index is -0.138. The first-order chi connectivity index (χ1) is 9.96. The van der Waals surface area contributed by atoms with E-state index >= 15 is 0 Å². The lowest BCUT2D eigenvalue weighted by atomic mass is 9.82. The van der Waals surface area contributed by atoms with Gasteiger partial charge in [0.25, 0.3) is 0 Å². The van der Waals surface area contributed by atoms with Crippen LogP contribution in [0, 0.1) is 0 Å². The molecule has 0 spiro atoms. The zero-order chi connectivity index (χ0) is 15.5. The van der Waals surface area contributed by atoms with Crippen LogP contribution < -0.4 is 4.74 Å². The molecule has 1 N–H and O–H groups in total. The van der Waals surface area contributed by atoms with Crippen molar-refractivity contribution >= 4 is 11.6 Å². The largest absolute Gasteiger partial charge is 0.439 e. The fourth-order valence-corrected chi connectivity index (χ4v) is 2.10. The van der Waals surface area contributed by atoms with Gasteiger partial charge < -0.3 is 9.84 Å². The first kappa shape index (κ1) is 15.8. The minimum absolute atomic E-state index is 0.138. The molecule has 3 nitrogen and oxygen atoms in total. The van der Waals surface area contributed by atoms with E-state index in [1.165, 1.54) is 11.8 Å². The van der Waals surface area contributed by atoms with Crippen molar-refractivity contribution in [3.05, 3.63) is 52.7 Å². The second-order valence-electron chi connectivity index (χ2n) is 5.64. The van der Waals surface area contributed by atoms with Crippen molar-refractivity contribution in [2.24, 2.45) is 0 Å². The third kappa shape index (κ3) is 3.74. The quantitative estimate of drug-likeness (QED) is 0.870. The normalized spacial score (nSPS) is 11.5. The molecule has 0 unspecified atom stereocenters. The first-order valence-corrected chi connectivity index (χ1v) is 7.37. The Morgan fingerprint density at radius 2 is 1.90 bits per heavy atom. The lowest BCUT2D eigenvalue weighted by Gasteiger charge is -2.23. The van der Waals surface area contributed by atoms with Gasteiger partial charge in [-0.05, 0) is 29.5 Å². The highest BCUT2D eigenvalue weighted by atomic mass is 35.5. The molecule has 112 valence electrons. The van der Waals surface area contributed by atoms with Gasteiger partial charge in [0, 0.05) is 17.8 Å². The maximum atomic E-state index is 9.19. The molecule has 4 heteroatoms. The van der Waals surface area contributed by atoms with Gasteiger partial charge in [-0.25, -0.2) is 4.98 Å². The summed E-state index contributed by atoms with van der Waals surface area (Å²) in [5.74, 6) is 1.13.